The molecule has 2 aromatic rings. The minimum absolute atomic E-state index is 0.0202. The van der Waals surface area contributed by atoms with Crippen molar-refractivity contribution in [1.82, 2.24) is 5.32 Å². The van der Waals surface area contributed by atoms with Crippen LogP contribution < -0.4 is 10.1 Å². The molecule has 8 nitrogen and oxygen atoms in total. The van der Waals surface area contributed by atoms with Crippen molar-refractivity contribution < 1.29 is 33.7 Å². The summed E-state index contributed by atoms with van der Waals surface area (Å²) in [6.07, 6.45) is 0.0181. The van der Waals surface area contributed by atoms with Crippen LogP contribution in [0.4, 0.5) is 0 Å². The topological polar surface area (TPSA) is 125 Å². The molecule has 0 amide bonds. The third kappa shape index (κ3) is 8.54. The number of halogens is 1. The van der Waals surface area contributed by atoms with Gasteiger partial charge in [-0.25, -0.2) is 0 Å². The Kier molecular flexibility index (Phi) is 10.2. The molecule has 32 heavy (non-hydrogen) atoms. The van der Waals surface area contributed by atoms with Crippen molar-refractivity contribution >= 4 is 25.2 Å². The van der Waals surface area contributed by atoms with E-state index in [9.17, 15) is 24.3 Å². The first kappa shape index (κ1) is 26.3. The predicted molar refractivity (Wildman–Crippen MR) is 122 cm³/mol. The molecular weight excluding hydrogens is 457 g/mol. The van der Waals surface area contributed by atoms with E-state index < -0.39 is 31.9 Å². The lowest BCUT2D eigenvalue weighted by molar-refractivity contribution is -0.143. The molecule has 0 saturated heterocycles. The number of aliphatic hydroxyl groups is 1. The molecule has 0 fully saturated rings. The summed E-state index contributed by atoms with van der Waals surface area (Å²) in [6.45, 7) is 3.47. The number of benzene rings is 2. The maximum atomic E-state index is 11.8. The van der Waals surface area contributed by atoms with Crippen molar-refractivity contribution in [2.24, 2.45) is 0 Å². The Balaban J connectivity index is 1.85. The maximum absolute atomic E-state index is 11.8. The van der Waals surface area contributed by atoms with Gasteiger partial charge in [0.15, 0.2) is 5.66 Å². The van der Waals surface area contributed by atoms with Gasteiger partial charge in [0.1, 0.15) is 12.4 Å². The average molecular weight is 486 g/mol. The summed E-state index contributed by atoms with van der Waals surface area (Å²) in [6, 6.07) is 14.2. The smallest absolute Gasteiger partial charge is 0.343 e. The summed E-state index contributed by atoms with van der Waals surface area (Å²) in [5.41, 5.74) is 0.0823. The highest BCUT2D eigenvalue weighted by Crippen LogP contribution is 2.42. The normalized spacial score (nSPS) is 14.4. The van der Waals surface area contributed by atoms with Crippen LogP contribution in [-0.2, 0) is 20.5 Å². The number of hydrogen-bond acceptors (Lipinski definition) is 6. The van der Waals surface area contributed by atoms with Crippen LogP contribution in [0.1, 0.15) is 31.1 Å². The molecule has 0 bridgehead atoms. The van der Waals surface area contributed by atoms with Gasteiger partial charge in [-0.15, -0.1) is 0 Å². The lowest BCUT2D eigenvalue weighted by Crippen LogP contribution is -2.32. The van der Waals surface area contributed by atoms with Crippen LogP contribution >= 0.6 is 19.2 Å². The van der Waals surface area contributed by atoms with Gasteiger partial charge in [0.25, 0.3) is 0 Å². The number of rotatable bonds is 12. The largest absolute Gasteiger partial charge is 0.492 e. The van der Waals surface area contributed by atoms with Crippen molar-refractivity contribution in [3.8, 4) is 5.75 Å². The van der Waals surface area contributed by atoms with Crippen LogP contribution in [-0.4, -0.2) is 52.3 Å². The number of esters is 1. The molecule has 2 aromatic carbocycles. The van der Waals surface area contributed by atoms with Crippen molar-refractivity contribution in [2.45, 2.75) is 38.1 Å². The summed E-state index contributed by atoms with van der Waals surface area (Å²) in [5.74, 6) is -0.606. The molecule has 3 atom stereocenters. The first-order chi connectivity index (χ1) is 15.1. The van der Waals surface area contributed by atoms with Gasteiger partial charge >= 0.3 is 13.6 Å². The van der Waals surface area contributed by atoms with Gasteiger partial charge in [0.05, 0.1) is 12.7 Å². The molecule has 3 unspecified atom stereocenters. The second-order valence-corrected chi connectivity index (χ2v) is 9.63. The summed E-state index contributed by atoms with van der Waals surface area (Å²) >= 11 is 5.96. The van der Waals surface area contributed by atoms with E-state index in [1.165, 1.54) is 0 Å². The summed E-state index contributed by atoms with van der Waals surface area (Å²) in [5, 5.41) is 14.2. The number of nitrogens with one attached hydrogen (secondary N) is 1. The summed E-state index contributed by atoms with van der Waals surface area (Å²) < 4.78 is 21.7. The molecule has 0 aliphatic carbocycles. The van der Waals surface area contributed by atoms with Gasteiger partial charge in [-0.3, -0.25) is 9.36 Å². The molecule has 0 aliphatic rings. The quantitative estimate of drug-likeness (QED) is 0.267. The van der Waals surface area contributed by atoms with Crippen molar-refractivity contribution in [3.05, 3.63) is 64.7 Å². The Morgan fingerprint density at radius 2 is 1.88 bits per heavy atom. The third-order valence-corrected chi connectivity index (χ3v) is 6.14. The second-order valence-electron chi connectivity index (χ2n) is 7.40. The average Bonchev–Trinajstić information content (AvgIpc) is 2.72. The zero-order valence-electron chi connectivity index (χ0n) is 18.0. The molecule has 0 spiro atoms. The van der Waals surface area contributed by atoms with E-state index in [4.69, 9.17) is 21.1 Å². The van der Waals surface area contributed by atoms with Gasteiger partial charge < -0.3 is 29.7 Å². The zero-order chi connectivity index (χ0) is 23.7. The predicted octanol–water partition coefficient (Wildman–Crippen LogP) is 3.08. The first-order valence-corrected chi connectivity index (χ1v) is 12.3. The van der Waals surface area contributed by atoms with Crippen LogP contribution in [0, 0.1) is 0 Å². The molecule has 0 radical (unpaired) electrons. The van der Waals surface area contributed by atoms with Crippen molar-refractivity contribution in [2.75, 3.05) is 19.8 Å². The minimum Gasteiger partial charge on any atom is -0.492 e. The molecule has 176 valence electrons. The SMILES string of the molecule is CCOC(=O)C(COc1ccc(CC(C)NCC(O)c2cccc(Cl)c2)cc1)P(=O)(O)O. The number of ether oxygens (including phenoxy) is 2. The molecule has 0 heterocycles. The number of carbonyl (C=O) groups excluding carboxylic acids is 1. The van der Waals surface area contributed by atoms with E-state index in [2.05, 4.69) is 5.32 Å². The van der Waals surface area contributed by atoms with Gasteiger partial charge in [0, 0.05) is 17.6 Å². The van der Waals surface area contributed by atoms with E-state index >= 15 is 0 Å². The fourth-order valence-electron chi connectivity index (χ4n) is 3.01. The zero-order valence-corrected chi connectivity index (χ0v) is 19.6. The Hall–Kier alpha value is -1.93. The standard InChI is InChI=1S/C22H29ClNO7P/c1-3-30-22(26)21(32(27,28)29)14-31-19-9-7-16(8-10-19)11-15(2)24-13-20(25)17-5-4-6-18(23)12-17/h4-10,12,15,20-21,24-25H,3,11,13-14H2,1-2H3,(H2,27,28,29). The number of hydrogen-bond donors (Lipinski definition) is 4. The van der Waals surface area contributed by atoms with Gasteiger partial charge in [-0.2, -0.15) is 0 Å². The van der Waals surface area contributed by atoms with Gasteiger partial charge in [-0.1, -0.05) is 35.9 Å². The van der Waals surface area contributed by atoms with Crippen molar-refractivity contribution in [3.63, 3.8) is 0 Å². The Labute approximate surface area is 192 Å². The van der Waals surface area contributed by atoms with E-state index in [1.54, 1.807) is 37.3 Å². The molecule has 4 N–H and O–H groups in total. The second kappa shape index (κ2) is 12.3. The fraction of sp³-hybridized carbons (Fsp3) is 0.409. The Bertz CT molecular complexity index is 919. The molecule has 0 saturated carbocycles. The van der Waals surface area contributed by atoms with Crippen LogP contribution in [0.25, 0.3) is 0 Å². The Morgan fingerprint density at radius 3 is 2.47 bits per heavy atom. The summed E-state index contributed by atoms with van der Waals surface area (Å²) in [7, 11) is -4.70. The van der Waals surface area contributed by atoms with Crippen LogP contribution in [0.2, 0.25) is 5.02 Å². The highest BCUT2D eigenvalue weighted by atomic mass is 35.5. The third-order valence-electron chi connectivity index (χ3n) is 4.73. The first-order valence-electron chi connectivity index (χ1n) is 10.2. The molecule has 0 aliphatic heterocycles. The van der Waals surface area contributed by atoms with Crippen LogP contribution in [0.3, 0.4) is 0 Å². The molecule has 2 rings (SSSR count). The molecule has 0 aromatic heterocycles. The maximum Gasteiger partial charge on any atom is 0.343 e. The number of carbonyl (C=O) groups is 1. The monoisotopic (exact) mass is 485 g/mol. The lowest BCUT2D eigenvalue weighted by atomic mass is 10.1. The van der Waals surface area contributed by atoms with Gasteiger partial charge in [-0.05, 0) is 55.7 Å². The lowest BCUT2D eigenvalue weighted by Gasteiger charge is -2.19. The highest BCUT2D eigenvalue weighted by molar-refractivity contribution is 7.53. The summed E-state index contributed by atoms with van der Waals surface area (Å²) in [4.78, 5) is 30.5. The van der Waals surface area contributed by atoms with E-state index in [-0.39, 0.29) is 12.6 Å². The van der Waals surface area contributed by atoms with Crippen LogP contribution in [0.5, 0.6) is 5.75 Å². The fourth-order valence-corrected chi connectivity index (χ4v) is 3.82. The van der Waals surface area contributed by atoms with Gasteiger partial charge in [0.2, 0.25) is 0 Å². The van der Waals surface area contributed by atoms with Crippen LogP contribution in [0.15, 0.2) is 48.5 Å². The molecule has 10 heteroatoms. The van der Waals surface area contributed by atoms with Crippen molar-refractivity contribution in [1.29, 1.82) is 0 Å². The molecular formula is C22H29ClNO7P. The van der Waals surface area contributed by atoms with E-state index in [1.807, 2.05) is 25.1 Å². The highest BCUT2D eigenvalue weighted by Gasteiger charge is 2.37. The Morgan fingerprint density at radius 1 is 1.19 bits per heavy atom. The van der Waals surface area contributed by atoms with E-state index in [0.717, 1.165) is 11.1 Å². The van der Waals surface area contributed by atoms with E-state index in [0.29, 0.717) is 23.7 Å². The number of aliphatic hydroxyl groups excluding tert-OH is 1. The minimum atomic E-state index is -4.70.